The molecule has 0 spiro atoms. The van der Waals surface area contributed by atoms with Gasteiger partial charge in [-0.15, -0.1) is 5.10 Å². The minimum Gasteiger partial charge on any atom is -0.496 e. The van der Waals surface area contributed by atoms with E-state index in [1.807, 2.05) is 49.4 Å². The van der Waals surface area contributed by atoms with Crippen molar-refractivity contribution >= 4 is 23.2 Å². The number of anilines is 2. The van der Waals surface area contributed by atoms with Gasteiger partial charge in [0.05, 0.1) is 12.1 Å². The zero-order valence-corrected chi connectivity index (χ0v) is 17.5. The van der Waals surface area contributed by atoms with Gasteiger partial charge in [-0.2, -0.15) is 4.98 Å². The maximum atomic E-state index is 6.16. The minimum absolute atomic E-state index is 0.321. The second kappa shape index (κ2) is 8.42. The minimum atomic E-state index is 0.321. The molecule has 2 aromatic heterocycles. The number of nitrogens with zero attached hydrogens (tertiary/aromatic N) is 4. The van der Waals surface area contributed by atoms with E-state index >= 15 is 0 Å². The highest BCUT2D eigenvalue weighted by atomic mass is 35.5. The van der Waals surface area contributed by atoms with Crippen LogP contribution in [0.15, 0.2) is 60.8 Å². The number of rotatable bonds is 6. The molecule has 0 atom stereocenters. The van der Waals surface area contributed by atoms with Crippen molar-refractivity contribution in [1.29, 1.82) is 0 Å². The van der Waals surface area contributed by atoms with Gasteiger partial charge in [-0.25, -0.2) is 4.68 Å². The number of hydrogen-bond acceptors (Lipinski definition) is 6. The molecular formula is C22H20ClN5O2. The van der Waals surface area contributed by atoms with Gasteiger partial charge in [0.25, 0.3) is 0 Å². The second-order valence-electron chi connectivity index (χ2n) is 6.60. The van der Waals surface area contributed by atoms with Crippen molar-refractivity contribution in [2.75, 3.05) is 12.4 Å². The van der Waals surface area contributed by atoms with Gasteiger partial charge in [-0.05, 0) is 48.9 Å². The standard InChI is InChI=1S/C22H20ClN5O2/c1-14-12-15(10-11-24-14)17-9-8-16(13-20(17)29-3)25-21-26-22(28(2)27-21)30-19-7-5-4-6-18(19)23/h4-13H,1-3H3,(H,25,27). The predicted molar refractivity (Wildman–Crippen MR) is 117 cm³/mol. The van der Waals surface area contributed by atoms with Crippen molar-refractivity contribution in [2.24, 2.45) is 7.05 Å². The lowest BCUT2D eigenvalue weighted by Crippen LogP contribution is -1.97. The van der Waals surface area contributed by atoms with E-state index in [4.69, 9.17) is 21.1 Å². The molecule has 0 unspecified atom stereocenters. The molecule has 2 aromatic carbocycles. The van der Waals surface area contributed by atoms with Crippen LogP contribution in [0.25, 0.3) is 11.1 Å². The molecular weight excluding hydrogens is 402 g/mol. The van der Waals surface area contributed by atoms with Crippen LogP contribution in [-0.4, -0.2) is 26.9 Å². The monoisotopic (exact) mass is 421 g/mol. The summed E-state index contributed by atoms with van der Waals surface area (Å²) in [4.78, 5) is 8.65. The van der Waals surface area contributed by atoms with Crippen LogP contribution >= 0.6 is 11.6 Å². The lowest BCUT2D eigenvalue weighted by Gasteiger charge is -2.11. The Morgan fingerprint density at radius 2 is 1.87 bits per heavy atom. The number of nitrogens with one attached hydrogen (secondary N) is 1. The summed E-state index contributed by atoms with van der Waals surface area (Å²) >= 11 is 6.16. The van der Waals surface area contributed by atoms with E-state index in [-0.39, 0.29) is 0 Å². The maximum absolute atomic E-state index is 6.16. The average molecular weight is 422 g/mol. The molecule has 0 aliphatic carbocycles. The number of hydrogen-bond donors (Lipinski definition) is 1. The van der Waals surface area contributed by atoms with Crippen LogP contribution < -0.4 is 14.8 Å². The number of aromatic nitrogens is 4. The third-order valence-electron chi connectivity index (χ3n) is 4.43. The first-order valence-electron chi connectivity index (χ1n) is 9.25. The SMILES string of the molecule is COc1cc(Nc2nc(Oc3ccccc3Cl)n(C)n2)ccc1-c1ccnc(C)c1. The van der Waals surface area contributed by atoms with E-state index < -0.39 is 0 Å². The van der Waals surface area contributed by atoms with Gasteiger partial charge in [0.1, 0.15) is 11.5 Å². The summed E-state index contributed by atoms with van der Waals surface area (Å²) in [7, 11) is 3.39. The second-order valence-corrected chi connectivity index (χ2v) is 7.01. The summed E-state index contributed by atoms with van der Waals surface area (Å²) in [6, 6.07) is 17.3. The normalized spacial score (nSPS) is 10.7. The van der Waals surface area contributed by atoms with Crippen LogP contribution in [0.4, 0.5) is 11.6 Å². The summed E-state index contributed by atoms with van der Waals surface area (Å²) in [6.45, 7) is 1.96. The molecule has 0 radical (unpaired) electrons. The summed E-state index contributed by atoms with van der Waals surface area (Å²) in [6.07, 6.45) is 1.79. The smallest absolute Gasteiger partial charge is 0.321 e. The third kappa shape index (κ3) is 4.21. The fraction of sp³-hybridized carbons (Fsp3) is 0.136. The molecule has 4 rings (SSSR count). The fourth-order valence-electron chi connectivity index (χ4n) is 2.99. The molecule has 0 saturated carbocycles. The van der Waals surface area contributed by atoms with Crippen molar-refractivity contribution in [1.82, 2.24) is 19.7 Å². The van der Waals surface area contributed by atoms with Crippen molar-refractivity contribution in [3.63, 3.8) is 0 Å². The molecule has 2 heterocycles. The molecule has 0 aliphatic rings. The van der Waals surface area contributed by atoms with Crippen molar-refractivity contribution in [2.45, 2.75) is 6.92 Å². The summed E-state index contributed by atoms with van der Waals surface area (Å²) in [5.74, 6) is 1.64. The molecule has 0 fully saturated rings. The van der Waals surface area contributed by atoms with Gasteiger partial charge >= 0.3 is 6.01 Å². The van der Waals surface area contributed by atoms with E-state index in [0.717, 1.165) is 28.3 Å². The average Bonchev–Trinajstić information content (AvgIpc) is 3.08. The van der Waals surface area contributed by atoms with Crippen LogP contribution in [0, 0.1) is 6.92 Å². The first-order chi connectivity index (χ1) is 14.5. The highest BCUT2D eigenvalue weighted by Gasteiger charge is 2.13. The van der Waals surface area contributed by atoms with Crippen LogP contribution in [0.5, 0.6) is 17.5 Å². The zero-order valence-electron chi connectivity index (χ0n) is 16.8. The molecule has 4 aromatic rings. The molecule has 0 amide bonds. The molecule has 7 nitrogen and oxygen atoms in total. The number of ether oxygens (including phenoxy) is 2. The van der Waals surface area contributed by atoms with E-state index in [0.29, 0.717) is 22.7 Å². The van der Waals surface area contributed by atoms with Crippen LogP contribution in [0.3, 0.4) is 0 Å². The number of para-hydroxylation sites is 1. The third-order valence-corrected chi connectivity index (χ3v) is 4.74. The number of benzene rings is 2. The van der Waals surface area contributed by atoms with Gasteiger partial charge in [0.15, 0.2) is 0 Å². The Balaban J connectivity index is 1.57. The molecule has 0 saturated heterocycles. The number of pyridine rings is 1. The first kappa shape index (κ1) is 19.7. The molecule has 8 heteroatoms. The van der Waals surface area contributed by atoms with E-state index in [9.17, 15) is 0 Å². The fourth-order valence-corrected chi connectivity index (χ4v) is 3.16. The Labute approximate surface area is 179 Å². The number of methoxy groups -OCH3 is 1. The Hall–Kier alpha value is -3.58. The zero-order chi connectivity index (χ0) is 21.1. The van der Waals surface area contributed by atoms with Gasteiger partial charge in [-0.1, -0.05) is 23.7 Å². The van der Waals surface area contributed by atoms with E-state index in [2.05, 4.69) is 20.4 Å². The topological polar surface area (TPSA) is 74.1 Å². The Morgan fingerprint density at radius 3 is 2.63 bits per heavy atom. The number of halogens is 1. The number of aryl methyl sites for hydroxylation is 2. The summed E-state index contributed by atoms with van der Waals surface area (Å²) < 4.78 is 12.9. The predicted octanol–water partition coefficient (Wildman–Crippen LogP) is 5.38. The highest BCUT2D eigenvalue weighted by Crippen LogP contribution is 2.34. The Morgan fingerprint density at radius 1 is 1.03 bits per heavy atom. The largest absolute Gasteiger partial charge is 0.496 e. The highest BCUT2D eigenvalue weighted by molar-refractivity contribution is 6.32. The van der Waals surface area contributed by atoms with Crippen molar-refractivity contribution in [3.8, 4) is 28.6 Å². The first-order valence-corrected chi connectivity index (χ1v) is 9.63. The molecule has 0 bridgehead atoms. The van der Waals surface area contributed by atoms with Crippen LogP contribution in [-0.2, 0) is 7.05 Å². The quantitative estimate of drug-likeness (QED) is 0.450. The van der Waals surface area contributed by atoms with Gasteiger partial charge in [-0.3, -0.25) is 4.98 Å². The molecule has 30 heavy (non-hydrogen) atoms. The van der Waals surface area contributed by atoms with Gasteiger partial charge < -0.3 is 14.8 Å². The van der Waals surface area contributed by atoms with Crippen molar-refractivity contribution in [3.05, 3.63) is 71.5 Å². The van der Waals surface area contributed by atoms with E-state index in [1.54, 1.807) is 32.5 Å². The molecule has 0 aliphatic heterocycles. The summed E-state index contributed by atoms with van der Waals surface area (Å²) in [5.41, 5.74) is 3.75. The maximum Gasteiger partial charge on any atom is 0.321 e. The molecule has 1 N–H and O–H groups in total. The Bertz CT molecular complexity index is 1190. The lowest BCUT2D eigenvalue weighted by atomic mass is 10.0. The molecule has 152 valence electrons. The summed E-state index contributed by atoms with van der Waals surface area (Å²) in [5, 5.41) is 8.04. The Kier molecular flexibility index (Phi) is 5.54. The lowest BCUT2D eigenvalue weighted by molar-refractivity contribution is 0.415. The van der Waals surface area contributed by atoms with Gasteiger partial charge in [0, 0.05) is 36.3 Å². The van der Waals surface area contributed by atoms with Crippen molar-refractivity contribution < 1.29 is 9.47 Å². The van der Waals surface area contributed by atoms with Gasteiger partial charge in [0.2, 0.25) is 5.95 Å². The van der Waals surface area contributed by atoms with Crippen LogP contribution in [0.1, 0.15) is 5.69 Å². The van der Waals surface area contributed by atoms with E-state index in [1.165, 1.54) is 4.68 Å². The van der Waals surface area contributed by atoms with Crippen LogP contribution in [0.2, 0.25) is 5.02 Å².